The second-order valence-electron chi connectivity index (χ2n) is 8.82. The molecule has 2 aliphatic rings. The van der Waals surface area contributed by atoms with Crippen LogP contribution in [-0.4, -0.2) is 3.21 Å². The maximum atomic E-state index is 3.54. The predicted molar refractivity (Wildman–Crippen MR) is 114 cm³/mol. The van der Waals surface area contributed by atoms with E-state index in [1.807, 2.05) is 0 Å². The van der Waals surface area contributed by atoms with Gasteiger partial charge in [0.1, 0.15) is 0 Å². The molecule has 0 saturated carbocycles. The van der Waals surface area contributed by atoms with E-state index in [0.29, 0.717) is 5.92 Å². The molecule has 2 aromatic carbocycles. The summed E-state index contributed by atoms with van der Waals surface area (Å²) in [5.41, 5.74) is 10.3. The summed E-state index contributed by atoms with van der Waals surface area (Å²) in [4.78, 5) is 0. The van der Waals surface area contributed by atoms with E-state index < -0.39 is 0 Å². The standard InChI is InChI=1S/C23H23.C3H6.2ClH.Zr/c1-15-13-16(23(2,3)4)14-21(15)22-19-11-7-5-9-17(19)18-10-6-8-12-20(18)22;1-3-2;;;/h5-11,13,22H,14H2,1-4H3;1-2H3;2*1H;/q-1;;;;+2/p-2. The number of halogens is 2. The average molecular weight is 504 g/mol. The zero-order valence-electron chi connectivity index (χ0n) is 18.2. The van der Waals surface area contributed by atoms with Crippen LogP contribution in [0.2, 0.25) is 0 Å². The number of benzene rings is 2. The van der Waals surface area contributed by atoms with Crippen LogP contribution in [0, 0.1) is 11.5 Å². The normalized spacial score (nSPS) is 16.6. The second-order valence-corrected chi connectivity index (χ2v) is 11.3. The largest absolute Gasteiger partial charge is 1.00 e. The SMILES string of the molecule is CC1=C(C2c3[c-]cccc3-c3ccccc32)CC(C(C)(C)C)=C1.C[C](C)=[Zr+2].[Cl-].[Cl-]. The number of rotatable bonds is 1. The molecule has 0 fully saturated rings. The summed E-state index contributed by atoms with van der Waals surface area (Å²) in [6, 6.07) is 18.8. The molecule has 2 aliphatic carbocycles. The van der Waals surface area contributed by atoms with Crippen molar-refractivity contribution >= 4 is 3.21 Å². The molecule has 29 heavy (non-hydrogen) atoms. The molecule has 0 nitrogen and oxygen atoms in total. The summed E-state index contributed by atoms with van der Waals surface area (Å²) in [6.45, 7) is 13.5. The van der Waals surface area contributed by atoms with Crippen molar-refractivity contribution in [3.8, 4) is 11.1 Å². The van der Waals surface area contributed by atoms with Gasteiger partial charge in [-0.3, -0.25) is 0 Å². The predicted octanol–water partition coefficient (Wildman–Crippen LogP) is 1.05. The van der Waals surface area contributed by atoms with Crippen molar-refractivity contribution in [3.05, 3.63) is 82.5 Å². The molecule has 0 amide bonds. The molecule has 1 unspecified atom stereocenters. The van der Waals surface area contributed by atoms with E-state index in [0.717, 1.165) is 6.42 Å². The van der Waals surface area contributed by atoms with Crippen molar-refractivity contribution in [2.24, 2.45) is 5.41 Å². The van der Waals surface area contributed by atoms with Gasteiger partial charge in [-0.15, -0.1) is 11.1 Å². The first-order chi connectivity index (χ1) is 12.7. The van der Waals surface area contributed by atoms with E-state index in [4.69, 9.17) is 0 Å². The molecule has 0 radical (unpaired) electrons. The number of hydrogen-bond acceptors (Lipinski definition) is 0. The van der Waals surface area contributed by atoms with Crippen molar-refractivity contribution < 1.29 is 49.0 Å². The van der Waals surface area contributed by atoms with Gasteiger partial charge in [0, 0.05) is 5.92 Å². The van der Waals surface area contributed by atoms with Crippen LogP contribution < -0.4 is 24.8 Å². The quantitative estimate of drug-likeness (QED) is 0.511. The summed E-state index contributed by atoms with van der Waals surface area (Å²) >= 11 is 1.55. The zero-order chi connectivity index (χ0) is 19.8. The Balaban J connectivity index is 0.000000646. The first-order valence-electron chi connectivity index (χ1n) is 9.72. The van der Waals surface area contributed by atoms with Crippen molar-refractivity contribution in [1.29, 1.82) is 0 Å². The van der Waals surface area contributed by atoms with E-state index in [1.54, 1.807) is 35.4 Å². The topological polar surface area (TPSA) is 0 Å². The van der Waals surface area contributed by atoms with Gasteiger partial charge in [-0.05, 0) is 24.3 Å². The van der Waals surface area contributed by atoms with Gasteiger partial charge in [0.2, 0.25) is 0 Å². The van der Waals surface area contributed by atoms with Crippen molar-refractivity contribution in [2.45, 2.75) is 53.9 Å². The number of hydrogen-bond donors (Lipinski definition) is 0. The molecule has 0 aliphatic heterocycles. The van der Waals surface area contributed by atoms with Gasteiger partial charge in [-0.1, -0.05) is 73.4 Å². The maximum Gasteiger partial charge on any atom is -1.00 e. The molecule has 4 rings (SSSR count). The van der Waals surface area contributed by atoms with Gasteiger partial charge in [0.15, 0.2) is 0 Å². The minimum Gasteiger partial charge on any atom is -1.00 e. The minimum absolute atomic E-state index is 0. The van der Waals surface area contributed by atoms with Crippen LogP contribution in [0.15, 0.2) is 65.3 Å². The summed E-state index contributed by atoms with van der Waals surface area (Å²) < 4.78 is 1.51. The van der Waals surface area contributed by atoms with Gasteiger partial charge in [0.25, 0.3) is 0 Å². The van der Waals surface area contributed by atoms with Crippen molar-refractivity contribution in [3.63, 3.8) is 0 Å². The van der Waals surface area contributed by atoms with E-state index in [2.05, 4.69) is 96.1 Å². The molecule has 2 aromatic rings. The third-order valence-electron chi connectivity index (χ3n) is 5.33. The van der Waals surface area contributed by atoms with Crippen LogP contribution >= 0.6 is 0 Å². The summed E-state index contributed by atoms with van der Waals surface area (Å²) in [5, 5.41) is 0. The number of allylic oxidation sites excluding steroid dienone is 4. The van der Waals surface area contributed by atoms with Gasteiger partial charge >= 0.3 is 41.3 Å². The Hall–Kier alpha value is -0.747. The number of fused-ring (bicyclic) bond motifs is 3. The maximum absolute atomic E-state index is 3.54. The molecule has 0 N–H and O–H groups in total. The third-order valence-corrected chi connectivity index (χ3v) is 5.33. The Morgan fingerprint density at radius 2 is 1.59 bits per heavy atom. The Morgan fingerprint density at radius 3 is 2.17 bits per heavy atom. The van der Waals surface area contributed by atoms with Crippen molar-refractivity contribution in [1.82, 2.24) is 0 Å². The average Bonchev–Trinajstić information content (AvgIpc) is 3.12. The van der Waals surface area contributed by atoms with Crippen LogP contribution in [0.1, 0.15) is 65.0 Å². The third kappa shape index (κ3) is 5.69. The van der Waals surface area contributed by atoms with Crippen molar-refractivity contribution in [2.75, 3.05) is 0 Å². The fourth-order valence-electron chi connectivity index (χ4n) is 4.00. The first-order valence-corrected chi connectivity index (χ1v) is 11.0. The second kappa shape index (κ2) is 10.5. The molecule has 0 aromatic heterocycles. The molecule has 0 saturated heterocycles. The Bertz CT molecular complexity index is 896. The summed E-state index contributed by atoms with van der Waals surface area (Å²) in [5.74, 6) is 0.374. The smallest absolute Gasteiger partial charge is 1.00 e. The first kappa shape index (κ1) is 26.3. The fourth-order valence-corrected chi connectivity index (χ4v) is 4.00. The molecule has 0 heterocycles. The molecule has 152 valence electrons. The molecular weight excluding hydrogens is 474 g/mol. The molecule has 0 spiro atoms. The van der Waals surface area contributed by atoms with E-state index >= 15 is 0 Å². The van der Waals surface area contributed by atoms with Crippen LogP contribution in [0.5, 0.6) is 0 Å². The Labute approximate surface area is 204 Å². The molecule has 0 bridgehead atoms. The van der Waals surface area contributed by atoms with Gasteiger partial charge < -0.3 is 24.8 Å². The molecule has 1 atom stereocenters. The summed E-state index contributed by atoms with van der Waals surface area (Å²) in [6.07, 6.45) is 3.51. The van der Waals surface area contributed by atoms with Crippen LogP contribution in [0.25, 0.3) is 11.1 Å². The zero-order valence-corrected chi connectivity index (χ0v) is 22.1. The minimum atomic E-state index is 0. The summed E-state index contributed by atoms with van der Waals surface area (Å²) in [7, 11) is 0. The van der Waals surface area contributed by atoms with Crippen LogP contribution in [-0.2, 0) is 24.2 Å². The van der Waals surface area contributed by atoms with Gasteiger partial charge in [0.05, 0.1) is 0 Å². The van der Waals surface area contributed by atoms with E-state index in [-0.39, 0.29) is 30.2 Å². The Kier molecular flexibility index (Phi) is 9.54. The monoisotopic (exact) mass is 501 g/mol. The molecule has 3 heteroatoms. The van der Waals surface area contributed by atoms with Gasteiger partial charge in [-0.25, -0.2) is 0 Å². The Morgan fingerprint density at radius 1 is 1.00 bits per heavy atom. The van der Waals surface area contributed by atoms with Crippen LogP contribution in [0.4, 0.5) is 0 Å². The molecular formula is C26H29Cl2Zr-. The fraction of sp³-hybridized carbons (Fsp3) is 0.346. The van der Waals surface area contributed by atoms with Crippen LogP contribution in [0.3, 0.4) is 0 Å². The van der Waals surface area contributed by atoms with Gasteiger partial charge in [-0.2, -0.15) is 24.3 Å². The van der Waals surface area contributed by atoms with E-state index in [9.17, 15) is 0 Å². The van der Waals surface area contributed by atoms with E-state index in [1.165, 1.54) is 31.0 Å².